The highest BCUT2D eigenvalue weighted by atomic mass is 32.2. The van der Waals surface area contributed by atoms with E-state index in [9.17, 15) is 0 Å². The van der Waals surface area contributed by atoms with Crippen LogP contribution in [0, 0.1) is 0 Å². The number of aromatic nitrogens is 1. The molecule has 0 amide bonds. The van der Waals surface area contributed by atoms with E-state index in [0.29, 0.717) is 17.9 Å². The van der Waals surface area contributed by atoms with Crippen molar-refractivity contribution in [2.75, 3.05) is 32.0 Å². The van der Waals surface area contributed by atoms with Crippen molar-refractivity contribution in [3.63, 3.8) is 0 Å². The molecule has 5 nitrogen and oxygen atoms in total. The molecule has 0 aromatic carbocycles. The summed E-state index contributed by atoms with van der Waals surface area (Å²) >= 11 is 2.04. The Labute approximate surface area is 137 Å². The topological polar surface area (TPSA) is 58.5 Å². The highest BCUT2D eigenvalue weighted by Crippen LogP contribution is 2.37. The monoisotopic (exact) mass is 322 g/mol. The molecule has 2 N–H and O–H groups in total. The molecule has 2 rings (SSSR count). The molecule has 6 heteroatoms. The van der Waals surface area contributed by atoms with Crippen molar-refractivity contribution in [1.82, 2.24) is 15.6 Å². The van der Waals surface area contributed by atoms with Gasteiger partial charge in [0.1, 0.15) is 12.4 Å². The van der Waals surface area contributed by atoms with Crippen molar-refractivity contribution in [1.29, 1.82) is 0 Å². The van der Waals surface area contributed by atoms with E-state index in [1.807, 2.05) is 23.9 Å². The predicted molar refractivity (Wildman–Crippen MR) is 93.8 cm³/mol. The van der Waals surface area contributed by atoms with Gasteiger partial charge in [-0.2, -0.15) is 11.8 Å². The molecule has 0 radical (unpaired) electrons. The average molecular weight is 322 g/mol. The number of aliphatic imine (C=N–C) groups is 1. The Kier molecular flexibility index (Phi) is 6.83. The molecule has 1 aliphatic rings. The van der Waals surface area contributed by atoms with Crippen LogP contribution in [-0.4, -0.2) is 47.7 Å². The molecule has 1 aliphatic heterocycles. The van der Waals surface area contributed by atoms with Gasteiger partial charge in [-0.3, -0.25) is 9.98 Å². The molecular formula is C16H26N4OS. The van der Waals surface area contributed by atoms with E-state index >= 15 is 0 Å². The van der Waals surface area contributed by atoms with Crippen LogP contribution in [0.3, 0.4) is 0 Å². The number of nitrogens with zero attached hydrogens (tertiary/aromatic N) is 2. The largest absolute Gasteiger partial charge is 0.490 e. The van der Waals surface area contributed by atoms with Crippen LogP contribution < -0.4 is 15.4 Å². The maximum Gasteiger partial charge on any atom is 0.191 e. The first kappa shape index (κ1) is 16.9. The zero-order valence-corrected chi connectivity index (χ0v) is 14.3. The van der Waals surface area contributed by atoms with Crippen LogP contribution in [0.4, 0.5) is 0 Å². The fraction of sp³-hybridized carbons (Fsp3) is 0.625. The number of nitrogens with one attached hydrogen (secondary N) is 2. The Morgan fingerprint density at radius 2 is 2.41 bits per heavy atom. The number of guanidine groups is 1. The fourth-order valence-corrected chi connectivity index (χ4v) is 3.55. The lowest BCUT2D eigenvalue weighted by Crippen LogP contribution is -2.40. The van der Waals surface area contributed by atoms with Crippen molar-refractivity contribution in [3.05, 3.63) is 24.5 Å². The van der Waals surface area contributed by atoms with Gasteiger partial charge in [-0.05, 0) is 44.6 Å². The number of pyridine rings is 1. The van der Waals surface area contributed by atoms with Gasteiger partial charge in [-0.25, -0.2) is 0 Å². The first-order chi connectivity index (χ1) is 10.7. The SMILES string of the molecule is CCNC(=NCC1(C)CCCS1)NCCOc1cccnc1. The van der Waals surface area contributed by atoms with Gasteiger partial charge in [0.25, 0.3) is 0 Å². The van der Waals surface area contributed by atoms with Crippen LogP contribution >= 0.6 is 11.8 Å². The maximum absolute atomic E-state index is 5.62. The van der Waals surface area contributed by atoms with E-state index in [4.69, 9.17) is 9.73 Å². The molecule has 1 unspecified atom stereocenters. The quantitative estimate of drug-likeness (QED) is 0.458. The van der Waals surface area contributed by atoms with Crippen LogP contribution in [0.5, 0.6) is 5.75 Å². The lowest BCUT2D eigenvalue weighted by atomic mass is 10.1. The summed E-state index contributed by atoms with van der Waals surface area (Å²) in [5.74, 6) is 2.92. The van der Waals surface area contributed by atoms with E-state index in [0.717, 1.165) is 24.8 Å². The number of thioether (sulfide) groups is 1. The molecule has 1 aromatic heterocycles. The van der Waals surface area contributed by atoms with Gasteiger partial charge in [0.2, 0.25) is 0 Å². The van der Waals surface area contributed by atoms with Crippen LogP contribution in [-0.2, 0) is 0 Å². The summed E-state index contributed by atoms with van der Waals surface area (Å²) in [6, 6.07) is 3.78. The van der Waals surface area contributed by atoms with Gasteiger partial charge >= 0.3 is 0 Å². The molecule has 22 heavy (non-hydrogen) atoms. The van der Waals surface area contributed by atoms with Crippen LogP contribution in [0.1, 0.15) is 26.7 Å². The Morgan fingerprint density at radius 3 is 3.09 bits per heavy atom. The third-order valence-corrected chi connectivity index (χ3v) is 5.04. The second kappa shape index (κ2) is 8.88. The fourth-order valence-electron chi connectivity index (χ4n) is 2.32. The summed E-state index contributed by atoms with van der Waals surface area (Å²) in [6.45, 7) is 7.40. The van der Waals surface area contributed by atoms with Crippen LogP contribution in [0.25, 0.3) is 0 Å². The van der Waals surface area contributed by atoms with E-state index in [-0.39, 0.29) is 0 Å². The first-order valence-electron chi connectivity index (χ1n) is 7.91. The normalized spacial score (nSPS) is 21.6. The second-order valence-corrected chi connectivity index (χ2v) is 7.24. The number of ether oxygens (including phenoxy) is 1. The molecular weight excluding hydrogens is 296 g/mol. The summed E-state index contributed by atoms with van der Waals surface area (Å²) in [4.78, 5) is 8.74. The van der Waals surface area contributed by atoms with Crippen LogP contribution in [0.2, 0.25) is 0 Å². The average Bonchev–Trinajstić information content (AvgIpc) is 2.97. The maximum atomic E-state index is 5.62. The minimum atomic E-state index is 0.300. The lowest BCUT2D eigenvalue weighted by molar-refractivity contribution is 0.320. The minimum absolute atomic E-state index is 0.300. The number of rotatable bonds is 7. The van der Waals surface area contributed by atoms with Crippen LogP contribution in [0.15, 0.2) is 29.5 Å². The molecule has 1 aromatic rings. The smallest absolute Gasteiger partial charge is 0.191 e. The minimum Gasteiger partial charge on any atom is -0.490 e. The van der Waals surface area contributed by atoms with Gasteiger partial charge < -0.3 is 15.4 Å². The van der Waals surface area contributed by atoms with Gasteiger partial charge in [0, 0.05) is 17.5 Å². The summed E-state index contributed by atoms with van der Waals surface area (Å²) in [7, 11) is 0. The molecule has 0 aliphatic carbocycles. The third-order valence-electron chi connectivity index (χ3n) is 3.51. The van der Waals surface area contributed by atoms with Crippen molar-refractivity contribution in [3.8, 4) is 5.75 Å². The Morgan fingerprint density at radius 1 is 1.50 bits per heavy atom. The molecule has 2 heterocycles. The Bertz CT molecular complexity index is 460. The van der Waals surface area contributed by atoms with Gasteiger partial charge in [0.05, 0.1) is 19.3 Å². The van der Waals surface area contributed by atoms with E-state index in [2.05, 4.69) is 29.5 Å². The summed E-state index contributed by atoms with van der Waals surface area (Å²) in [5, 5.41) is 6.60. The van der Waals surface area contributed by atoms with Gasteiger partial charge in [-0.1, -0.05) is 0 Å². The molecule has 1 atom stereocenters. The molecule has 0 saturated carbocycles. The van der Waals surface area contributed by atoms with Gasteiger partial charge in [-0.15, -0.1) is 0 Å². The third kappa shape index (κ3) is 5.75. The van der Waals surface area contributed by atoms with E-state index in [1.54, 1.807) is 12.4 Å². The second-order valence-electron chi connectivity index (χ2n) is 5.56. The Hall–Kier alpha value is -1.43. The highest BCUT2D eigenvalue weighted by Gasteiger charge is 2.29. The summed E-state index contributed by atoms with van der Waals surface area (Å²) in [5.41, 5.74) is 0. The predicted octanol–water partition coefficient (Wildman–Crippen LogP) is 2.30. The summed E-state index contributed by atoms with van der Waals surface area (Å²) in [6.07, 6.45) is 6.02. The van der Waals surface area contributed by atoms with Crippen molar-refractivity contribution in [2.24, 2.45) is 4.99 Å². The molecule has 0 spiro atoms. The highest BCUT2D eigenvalue weighted by molar-refractivity contribution is 8.00. The molecule has 1 saturated heterocycles. The zero-order valence-electron chi connectivity index (χ0n) is 13.5. The summed E-state index contributed by atoms with van der Waals surface area (Å²) < 4.78 is 5.92. The first-order valence-corrected chi connectivity index (χ1v) is 8.89. The van der Waals surface area contributed by atoms with Crippen molar-refractivity contribution in [2.45, 2.75) is 31.4 Å². The van der Waals surface area contributed by atoms with Crippen molar-refractivity contribution < 1.29 is 4.74 Å². The number of hydrogen-bond acceptors (Lipinski definition) is 4. The molecule has 0 bridgehead atoms. The van der Waals surface area contributed by atoms with E-state index < -0.39 is 0 Å². The lowest BCUT2D eigenvalue weighted by Gasteiger charge is -2.21. The Balaban J connectivity index is 1.73. The molecule has 1 fully saturated rings. The molecule has 122 valence electrons. The number of hydrogen-bond donors (Lipinski definition) is 2. The van der Waals surface area contributed by atoms with Crippen molar-refractivity contribution >= 4 is 17.7 Å². The standard InChI is InChI=1S/C16H26N4OS/c1-3-18-15(20-13-16(2)7-5-11-22-16)19-9-10-21-14-6-4-8-17-12-14/h4,6,8,12H,3,5,7,9-11,13H2,1-2H3,(H2,18,19,20). The zero-order chi connectivity index (χ0) is 15.7. The van der Waals surface area contributed by atoms with Gasteiger partial charge in [0.15, 0.2) is 5.96 Å². The van der Waals surface area contributed by atoms with E-state index in [1.165, 1.54) is 18.6 Å².